The monoisotopic (exact) mass is 237 g/mol. The van der Waals surface area contributed by atoms with Gasteiger partial charge in [0.25, 0.3) is 0 Å². The summed E-state index contributed by atoms with van der Waals surface area (Å²) in [7, 11) is 0. The molecule has 0 spiro atoms. The quantitative estimate of drug-likeness (QED) is 0.789. The van der Waals surface area contributed by atoms with Crippen LogP contribution < -0.4 is 5.32 Å². The molecule has 4 nitrogen and oxygen atoms in total. The van der Waals surface area contributed by atoms with Crippen LogP contribution >= 0.6 is 0 Å². The lowest BCUT2D eigenvalue weighted by atomic mass is 9.95. The number of nitrogens with one attached hydrogen (secondary N) is 1. The van der Waals surface area contributed by atoms with Gasteiger partial charge in [0, 0.05) is 25.6 Å². The maximum atomic E-state index is 12.4. The largest absolute Gasteiger partial charge is 0.324 e. The van der Waals surface area contributed by atoms with E-state index >= 15 is 0 Å². The lowest BCUT2D eigenvalue weighted by molar-refractivity contribution is -0.138. The van der Waals surface area contributed by atoms with Crippen molar-refractivity contribution in [3.8, 4) is 6.07 Å². The molecular weight excluding hydrogens is 214 g/mol. The molecule has 0 radical (unpaired) electrons. The lowest BCUT2D eigenvalue weighted by Gasteiger charge is -2.34. The van der Waals surface area contributed by atoms with Crippen molar-refractivity contribution < 1.29 is 4.79 Å². The highest BCUT2D eigenvalue weighted by Gasteiger charge is 2.30. The fourth-order valence-corrected chi connectivity index (χ4v) is 2.41. The van der Waals surface area contributed by atoms with E-state index in [1.807, 2.05) is 0 Å². The Morgan fingerprint density at radius 2 is 2.12 bits per heavy atom. The van der Waals surface area contributed by atoms with Gasteiger partial charge in [0.1, 0.15) is 6.04 Å². The van der Waals surface area contributed by atoms with Gasteiger partial charge in [-0.25, -0.2) is 0 Å². The SMILES string of the molecule is CCCC(CCC)C(=O)N1CCNCC1C#N. The second-order valence-electron chi connectivity index (χ2n) is 4.65. The van der Waals surface area contributed by atoms with E-state index in [1.54, 1.807) is 4.90 Å². The molecule has 1 rings (SSSR count). The number of nitriles is 1. The highest BCUT2D eigenvalue weighted by atomic mass is 16.2. The lowest BCUT2D eigenvalue weighted by Crippen LogP contribution is -2.54. The van der Waals surface area contributed by atoms with Crippen LogP contribution in [0.5, 0.6) is 0 Å². The number of amides is 1. The fraction of sp³-hybridized carbons (Fsp3) is 0.846. The molecule has 1 fully saturated rings. The molecule has 1 heterocycles. The van der Waals surface area contributed by atoms with Gasteiger partial charge in [-0.3, -0.25) is 4.79 Å². The van der Waals surface area contributed by atoms with Crippen LogP contribution in [-0.2, 0) is 4.79 Å². The molecule has 0 aromatic rings. The van der Waals surface area contributed by atoms with Crippen LogP contribution in [0.4, 0.5) is 0 Å². The maximum Gasteiger partial charge on any atom is 0.226 e. The van der Waals surface area contributed by atoms with Crippen molar-refractivity contribution >= 4 is 5.91 Å². The molecule has 1 atom stereocenters. The Morgan fingerprint density at radius 1 is 1.47 bits per heavy atom. The molecule has 1 aliphatic rings. The highest BCUT2D eigenvalue weighted by Crippen LogP contribution is 2.18. The van der Waals surface area contributed by atoms with E-state index in [0.717, 1.165) is 32.2 Å². The first-order valence-corrected chi connectivity index (χ1v) is 6.65. The van der Waals surface area contributed by atoms with E-state index in [2.05, 4.69) is 25.2 Å². The summed E-state index contributed by atoms with van der Waals surface area (Å²) in [5.41, 5.74) is 0. The summed E-state index contributed by atoms with van der Waals surface area (Å²) in [6.45, 7) is 6.29. The summed E-state index contributed by atoms with van der Waals surface area (Å²) in [6, 6.07) is 1.93. The van der Waals surface area contributed by atoms with Crippen LogP contribution in [0.1, 0.15) is 39.5 Å². The number of nitrogens with zero attached hydrogens (tertiary/aromatic N) is 2. The van der Waals surface area contributed by atoms with Gasteiger partial charge in [-0.05, 0) is 12.8 Å². The van der Waals surface area contributed by atoms with Crippen LogP contribution in [0.25, 0.3) is 0 Å². The molecule has 1 aliphatic heterocycles. The summed E-state index contributed by atoms with van der Waals surface area (Å²) in [5, 5.41) is 12.2. The second-order valence-corrected chi connectivity index (χ2v) is 4.65. The van der Waals surface area contributed by atoms with E-state index < -0.39 is 0 Å². The molecule has 1 amide bonds. The zero-order chi connectivity index (χ0) is 12.7. The number of piperazine rings is 1. The Balaban J connectivity index is 2.67. The van der Waals surface area contributed by atoms with Gasteiger partial charge in [0.15, 0.2) is 0 Å². The van der Waals surface area contributed by atoms with E-state index in [-0.39, 0.29) is 17.9 Å². The van der Waals surface area contributed by atoms with Crippen LogP contribution in [0.3, 0.4) is 0 Å². The van der Waals surface area contributed by atoms with Gasteiger partial charge >= 0.3 is 0 Å². The van der Waals surface area contributed by atoms with Crippen molar-refractivity contribution in [1.82, 2.24) is 10.2 Å². The molecule has 1 unspecified atom stereocenters. The second kappa shape index (κ2) is 7.29. The number of carbonyl (C=O) groups excluding carboxylic acids is 1. The smallest absolute Gasteiger partial charge is 0.226 e. The molecule has 0 bridgehead atoms. The normalized spacial score (nSPS) is 20.4. The van der Waals surface area contributed by atoms with Crippen LogP contribution in [0.2, 0.25) is 0 Å². The summed E-state index contributed by atoms with van der Waals surface area (Å²) in [4.78, 5) is 14.2. The van der Waals surface area contributed by atoms with E-state index in [4.69, 9.17) is 5.26 Å². The van der Waals surface area contributed by atoms with Gasteiger partial charge < -0.3 is 10.2 Å². The minimum Gasteiger partial charge on any atom is -0.324 e. The van der Waals surface area contributed by atoms with Gasteiger partial charge in [0.2, 0.25) is 5.91 Å². The highest BCUT2D eigenvalue weighted by molar-refractivity contribution is 5.79. The Bertz CT molecular complexity index is 279. The average Bonchev–Trinajstić information content (AvgIpc) is 2.37. The fourth-order valence-electron chi connectivity index (χ4n) is 2.41. The maximum absolute atomic E-state index is 12.4. The molecule has 0 aliphatic carbocycles. The Hall–Kier alpha value is -1.08. The first-order valence-electron chi connectivity index (χ1n) is 6.65. The van der Waals surface area contributed by atoms with Gasteiger partial charge in [-0.1, -0.05) is 26.7 Å². The van der Waals surface area contributed by atoms with Crippen molar-refractivity contribution in [2.45, 2.75) is 45.6 Å². The van der Waals surface area contributed by atoms with Crippen molar-refractivity contribution in [3.63, 3.8) is 0 Å². The van der Waals surface area contributed by atoms with Gasteiger partial charge in [-0.2, -0.15) is 5.26 Å². The molecule has 0 aromatic carbocycles. The van der Waals surface area contributed by atoms with E-state index in [9.17, 15) is 4.79 Å². The average molecular weight is 237 g/mol. The molecule has 0 aromatic heterocycles. The first-order chi connectivity index (χ1) is 8.24. The number of carbonyl (C=O) groups is 1. The molecule has 17 heavy (non-hydrogen) atoms. The Morgan fingerprint density at radius 3 is 2.65 bits per heavy atom. The Labute approximate surface area is 104 Å². The molecule has 96 valence electrons. The topological polar surface area (TPSA) is 56.1 Å². The van der Waals surface area contributed by atoms with E-state index in [0.29, 0.717) is 13.1 Å². The third kappa shape index (κ3) is 3.71. The third-order valence-corrected chi connectivity index (χ3v) is 3.30. The molecular formula is C13H23N3O. The Kier molecular flexibility index (Phi) is 5.99. The summed E-state index contributed by atoms with van der Waals surface area (Å²) in [5.74, 6) is 0.292. The van der Waals surface area contributed by atoms with Gasteiger partial charge in [-0.15, -0.1) is 0 Å². The molecule has 1 N–H and O–H groups in total. The minimum absolute atomic E-state index is 0.110. The van der Waals surface area contributed by atoms with E-state index in [1.165, 1.54) is 0 Å². The predicted octanol–water partition coefficient (Wildman–Crippen LogP) is 1.53. The van der Waals surface area contributed by atoms with Crippen LogP contribution in [0.15, 0.2) is 0 Å². The first kappa shape index (κ1) is 14.0. The van der Waals surface area contributed by atoms with Crippen LogP contribution in [-0.4, -0.2) is 36.5 Å². The standard InChI is InChI=1S/C13H23N3O/c1-3-5-11(6-4-2)13(17)16-8-7-15-10-12(16)9-14/h11-12,15H,3-8,10H2,1-2H3. The van der Waals surface area contributed by atoms with Gasteiger partial charge in [0.05, 0.1) is 6.07 Å². The zero-order valence-electron chi connectivity index (χ0n) is 10.9. The summed E-state index contributed by atoms with van der Waals surface area (Å²) in [6.07, 6.45) is 3.93. The number of hydrogen-bond donors (Lipinski definition) is 1. The number of hydrogen-bond acceptors (Lipinski definition) is 3. The van der Waals surface area contributed by atoms with Crippen LogP contribution in [0, 0.1) is 17.2 Å². The molecule has 4 heteroatoms. The van der Waals surface area contributed by atoms with Crippen molar-refractivity contribution in [2.24, 2.45) is 5.92 Å². The summed E-state index contributed by atoms with van der Waals surface area (Å²) < 4.78 is 0. The molecule has 1 saturated heterocycles. The zero-order valence-corrected chi connectivity index (χ0v) is 10.9. The predicted molar refractivity (Wildman–Crippen MR) is 67.3 cm³/mol. The minimum atomic E-state index is -0.285. The third-order valence-electron chi connectivity index (χ3n) is 3.30. The van der Waals surface area contributed by atoms with Crippen molar-refractivity contribution in [2.75, 3.05) is 19.6 Å². The summed E-state index contributed by atoms with van der Waals surface area (Å²) >= 11 is 0. The van der Waals surface area contributed by atoms with Crippen molar-refractivity contribution in [3.05, 3.63) is 0 Å². The van der Waals surface area contributed by atoms with Crippen molar-refractivity contribution in [1.29, 1.82) is 5.26 Å². The molecule has 0 saturated carbocycles. The number of rotatable bonds is 5.